The number of anilines is 2. The number of carbonyl (C=O) groups excluding carboxylic acids is 1. The van der Waals surface area contributed by atoms with E-state index in [9.17, 15) is 4.79 Å². The van der Waals surface area contributed by atoms with Gasteiger partial charge in [-0.05, 0) is 30.5 Å². The number of amides is 1. The van der Waals surface area contributed by atoms with Crippen molar-refractivity contribution >= 4 is 17.5 Å². The first kappa shape index (κ1) is 16.9. The minimum atomic E-state index is -0.242. The van der Waals surface area contributed by atoms with Crippen LogP contribution in [-0.2, 0) is 11.2 Å². The largest absolute Gasteiger partial charge is 0.385 e. The molecule has 0 aliphatic heterocycles. The van der Waals surface area contributed by atoms with Crippen LogP contribution in [0, 0.1) is 0 Å². The van der Waals surface area contributed by atoms with Crippen LogP contribution in [0.3, 0.4) is 0 Å². The van der Waals surface area contributed by atoms with E-state index in [-0.39, 0.29) is 5.91 Å². The first-order chi connectivity index (χ1) is 11.2. The van der Waals surface area contributed by atoms with Gasteiger partial charge in [-0.2, -0.15) is 0 Å². The molecule has 0 saturated heterocycles. The van der Waals surface area contributed by atoms with Gasteiger partial charge in [0.15, 0.2) is 0 Å². The highest BCUT2D eigenvalue weighted by molar-refractivity contribution is 6.03. The van der Waals surface area contributed by atoms with Crippen molar-refractivity contribution in [1.82, 2.24) is 9.97 Å². The highest BCUT2D eigenvalue weighted by Crippen LogP contribution is 2.16. The monoisotopic (exact) mass is 314 g/mol. The minimum Gasteiger partial charge on any atom is -0.385 e. The van der Waals surface area contributed by atoms with Gasteiger partial charge in [0.1, 0.15) is 5.69 Å². The summed E-state index contributed by atoms with van der Waals surface area (Å²) in [7, 11) is 1.66. The number of hydrogen-bond donors (Lipinski definition) is 2. The number of nitrogens with one attached hydrogen (secondary N) is 2. The summed E-state index contributed by atoms with van der Waals surface area (Å²) < 4.78 is 4.98. The van der Waals surface area contributed by atoms with Gasteiger partial charge >= 0.3 is 0 Å². The molecule has 0 radical (unpaired) electrons. The molecule has 0 unspecified atom stereocenters. The van der Waals surface area contributed by atoms with E-state index in [0.717, 1.165) is 24.1 Å². The van der Waals surface area contributed by atoms with Crippen LogP contribution in [0.2, 0.25) is 0 Å². The molecule has 2 aromatic rings. The van der Waals surface area contributed by atoms with Crippen molar-refractivity contribution in [2.75, 3.05) is 30.9 Å². The smallest absolute Gasteiger partial charge is 0.274 e. The number of hydrogen-bond acceptors (Lipinski definition) is 5. The van der Waals surface area contributed by atoms with Crippen molar-refractivity contribution in [2.24, 2.45) is 0 Å². The Balaban J connectivity index is 2.02. The van der Waals surface area contributed by atoms with Crippen LogP contribution in [0.4, 0.5) is 11.6 Å². The van der Waals surface area contributed by atoms with E-state index in [0.29, 0.717) is 24.8 Å². The second-order valence-electron chi connectivity index (χ2n) is 5.00. The molecule has 0 fully saturated rings. The normalized spacial score (nSPS) is 10.3. The SMILES string of the molecule is CCc1ccccc1NC(=O)c1ccnc(NCCCOC)n1. The second-order valence-corrected chi connectivity index (χ2v) is 5.00. The standard InChI is InChI=1S/C17H22N4O2/c1-3-13-7-4-5-8-14(13)20-16(22)15-9-11-19-17(21-15)18-10-6-12-23-2/h4-5,7-9,11H,3,6,10,12H2,1-2H3,(H,20,22)(H,18,19,21). The van der Waals surface area contributed by atoms with Gasteiger partial charge in [-0.25, -0.2) is 9.97 Å². The molecule has 0 aliphatic rings. The van der Waals surface area contributed by atoms with Gasteiger partial charge in [0, 0.05) is 32.1 Å². The van der Waals surface area contributed by atoms with E-state index >= 15 is 0 Å². The van der Waals surface area contributed by atoms with Crippen LogP contribution in [0.25, 0.3) is 0 Å². The van der Waals surface area contributed by atoms with Crippen LogP contribution in [0.15, 0.2) is 36.5 Å². The van der Waals surface area contributed by atoms with Gasteiger partial charge in [0.25, 0.3) is 5.91 Å². The topological polar surface area (TPSA) is 76.1 Å². The lowest BCUT2D eigenvalue weighted by Gasteiger charge is -2.10. The number of carbonyl (C=O) groups is 1. The molecule has 23 heavy (non-hydrogen) atoms. The summed E-state index contributed by atoms with van der Waals surface area (Å²) >= 11 is 0. The van der Waals surface area contributed by atoms with Crippen LogP contribution < -0.4 is 10.6 Å². The highest BCUT2D eigenvalue weighted by Gasteiger charge is 2.10. The summed E-state index contributed by atoms with van der Waals surface area (Å²) in [4.78, 5) is 20.7. The summed E-state index contributed by atoms with van der Waals surface area (Å²) in [5, 5.41) is 5.98. The Kier molecular flexibility index (Phi) is 6.50. The summed E-state index contributed by atoms with van der Waals surface area (Å²) in [6, 6.07) is 9.35. The molecule has 1 heterocycles. The molecular weight excluding hydrogens is 292 g/mol. The van der Waals surface area contributed by atoms with Crippen molar-refractivity contribution in [3.05, 3.63) is 47.8 Å². The van der Waals surface area contributed by atoms with Gasteiger partial charge < -0.3 is 15.4 Å². The molecule has 2 N–H and O–H groups in total. The zero-order valence-electron chi connectivity index (χ0n) is 13.5. The minimum absolute atomic E-state index is 0.242. The summed E-state index contributed by atoms with van der Waals surface area (Å²) in [5.74, 6) is 0.200. The van der Waals surface area contributed by atoms with Crippen LogP contribution >= 0.6 is 0 Å². The highest BCUT2D eigenvalue weighted by atomic mass is 16.5. The molecule has 6 heteroatoms. The maximum atomic E-state index is 12.4. The Hall–Kier alpha value is -2.47. The third-order valence-corrected chi connectivity index (χ3v) is 3.34. The van der Waals surface area contributed by atoms with Crippen molar-refractivity contribution in [3.8, 4) is 0 Å². The molecule has 0 aliphatic carbocycles. The van der Waals surface area contributed by atoms with E-state index in [1.807, 2.05) is 24.3 Å². The van der Waals surface area contributed by atoms with Crippen LogP contribution in [0.1, 0.15) is 29.4 Å². The molecule has 0 spiro atoms. The van der Waals surface area contributed by atoms with Gasteiger partial charge in [-0.3, -0.25) is 4.79 Å². The van der Waals surface area contributed by atoms with Crippen LogP contribution in [0.5, 0.6) is 0 Å². The third kappa shape index (κ3) is 5.03. The fourth-order valence-corrected chi connectivity index (χ4v) is 2.12. The second kappa shape index (κ2) is 8.85. The lowest BCUT2D eigenvalue weighted by atomic mass is 10.1. The molecule has 1 amide bonds. The first-order valence-electron chi connectivity index (χ1n) is 7.69. The number of para-hydroxylation sites is 1. The van der Waals surface area contributed by atoms with Crippen molar-refractivity contribution in [2.45, 2.75) is 19.8 Å². The Labute approximate surface area is 136 Å². The first-order valence-corrected chi connectivity index (χ1v) is 7.69. The summed E-state index contributed by atoms with van der Waals surface area (Å²) in [6.45, 7) is 3.41. The van der Waals surface area contributed by atoms with E-state index < -0.39 is 0 Å². The molecule has 6 nitrogen and oxygen atoms in total. The number of ether oxygens (including phenoxy) is 1. The predicted octanol–water partition coefficient (Wildman–Crippen LogP) is 2.74. The average Bonchev–Trinajstić information content (AvgIpc) is 2.59. The molecule has 2 rings (SSSR count). The fraction of sp³-hybridized carbons (Fsp3) is 0.353. The Morgan fingerprint density at radius 1 is 1.26 bits per heavy atom. The van der Waals surface area contributed by atoms with Gasteiger partial charge in [0.2, 0.25) is 5.95 Å². The Morgan fingerprint density at radius 3 is 2.87 bits per heavy atom. The molecule has 1 aromatic heterocycles. The van der Waals surface area contributed by atoms with Gasteiger partial charge in [0.05, 0.1) is 0 Å². The van der Waals surface area contributed by atoms with E-state index in [2.05, 4.69) is 27.5 Å². The molecule has 0 saturated carbocycles. The number of methoxy groups -OCH3 is 1. The average molecular weight is 314 g/mol. The molecule has 0 bridgehead atoms. The molecule has 0 atom stereocenters. The number of aromatic nitrogens is 2. The van der Waals surface area contributed by atoms with Crippen LogP contribution in [-0.4, -0.2) is 36.1 Å². The number of nitrogens with zero attached hydrogens (tertiary/aromatic N) is 2. The third-order valence-electron chi connectivity index (χ3n) is 3.34. The number of benzene rings is 1. The molecule has 122 valence electrons. The quantitative estimate of drug-likeness (QED) is 0.733. The predicted molar refractivity (Wildman–Crippen MR) is 90.8 cm³/mol. The zero-order valence-corrected chi connectivity index (χ0v) is 13.5. The maximum absolute atomic E-state index is 12.4. The number of rotatable bonds is 8. The fourth-order valence-electron chi connectivity index (χ4n) is 2.12. The lowest BCUT2D eigenvalue weighted by molar-refractivity contribution is 0.102. The molecule has 1 aromatic carbocycles. The maximum Gasteiger partial charge on any atom is 0.274 e. The lowest BCUT2D eigenvalue weighted by Crippen LogP contribution is -2.16. The van der Waals surface area contributed by atoms with E-state index in [4.69, 9.17) is 4.74 Å². The van der Waals surface area contributed by atoms with E-state index in [1.54, 1.807) is 19.4 Å². The Bertz CT molecular complexity index is 646. The summed E-state index contributed by atoms with van der Waals surface area (Å²) in [6.07, 6.45) is 3.28. The number of aryl methyl sites for hydroxylation is 1. The zero-order chi connectivity index (χ0) is 16.5. The van der Waals surface area contributed by atoms with E-state index in [1.165, 1.54) is 0 Å². The van der Waals surface area contributed by atoms with Crippen molar-refractivity contribution < 1.29 is 9.53 Å². The van der Waals surface area contributed by atoms with Crippen molar-refractivity contribution in [3.63, 3.8) is 0 Å². The van der Waals surface area contributed by atoms with Gasteiger partial charge in [-0.1, -0.05) is 25.1 Å². The molecular formula is C17H22N4O2. The van der Waals surface area contributed by atoms with Crippen molar-refractivity contribution in [1.29, 1.82) is 0 Å². The summed E-state index contributed by atoms with van der Waals surface area (Å²) in [5.41, 5.74) is 2.24. The van der Waals surface area contributed by atoms with Gasteiger partial charge in [-0.15, -0.1) is 0 Å². The Morgan fingerprint density at radius 2 is 2.09 bits per heavy atom.